The first-order valence-corrected chi connectivity index (χ1v) is 8.70. The molecule has 6 heteroatoms. The van der Waals surface area contributed by atoms with Crippen LogP contribution in [0.4, 0.5) is 5.69 Å². The van der Waals surface area contributed by atoms with E-state index in [9.17, 15) is 13.5 Å². The summed E-state index contributed by atoms with van der Waals surface area (Å²) in [5.74, 6) is 0.00917. The molecule has 0 aliphatic heterocycles. The van der Waals surface area contributed by atoms with Crippen LogP contribution in [0.1, 0.15) is 30.9 Å². The van der Waals surface area contributed by atoms with E-state index in [2.05, 4.69) is 4.72 Å². The summed E-state index contributed by atoms with van der Waals surface area (Å²) < 4.78 is 27.4. The van der Waals surface area contributed by atoms with Crippen molar-refractivity contribution in [2.24, 2.45) is 0 Å². The highest BCUT2D eigenvalue weighted by atomic mass is 35.5. The third kappa shape index (κ3) is 3.20. The summed E-state index contributed by atoms with van der Waals surface area (Å²) in [4.78, 5) is 0.171. The standard InChI is InChI=1S/C16H18ClNO3S/c1-10(2)13-9-14(11(3)15(17)16(13)19)18-22(20,21)12-7-5-4-6-8-12/h4-10,18-19H,1-3H3. The van der Waals surface area contributed by atoms with Crippen LogP contribution >= 0.6 is 11.6 Å². The zero-order valence-electron chi connectivity index (χ0n) is 12.6. The molecule has 0 aliphatic carbocycles. The van der Waals surface area contributed by atoms with Gasteiger partial charge in [0, 0.05) is 5.56 Å². The summed E-state index contributed by atoms with van der Waals surface area (Å²) in [7, 11) is -3.70. The van der Waals surface area contributed by atoms with Crippen LogP contribution in [0.25, 0.3) is 0 Å². The lowest BCUT2D eigenvalue weighted by Crippen LogP contribution is -2.14. The second kappa shape index (κ2) is 6.18. The van der Waals surface area contributed by atoms with Crippen molar-refractivity contribution in [3.05, 3.63) is 52.5 Å². The van der Waals surface area contributed by atoms with Gasteiger partial charge in [-0.3, -0.25) is 4.72 Å². The van der Waals surface area contributed by atoms with Crippen LogP contribution in [-0.4, -0.2) is 13.5 Å². The average Bonchev–Trinajstić information content (AvgIpc) is 2.48. The number of aromatic hydroxyl groups is 1. The highest BCUT2D eigenvalue weighted by Gasteiger charge is 2.20. The van der Waals surface area contributed by atoms with Crippen LogP contribution in [-0.2, 0) is 10.0 Å². The van der Waals surface area contributed by atoms with Crippen molar-refractivity contribution in [1.82, 2.24) is 0 Å². The second-order valence-electron chi connectivity index (χ2n) is 5.37. The number of nitrogens with one attached hydrogen (secondary N) is 1. The third-order valence-electron chi connectivity index (χ3n) is 3.43. The maximum atomic E-state index is 12.4. The van der Waals surface area contributed by atoms with Gasteiger partial charge in [0.05, 0.1) is 15.6 Å². The Morgan fingerprint density at radius 3 is 2.32 bits per heavy atom. The number of hydrogen-bond acceptors (Lipinski definition) is 3. The fourth-order valence-corrected chi connectivity index (χ4v) is 3.45. The lowest BCUT2D eigenvalue weighted by molar-refractivity contribution is 0.465. The fraction of sp³-hybridized carbons (Fsp3) is 0.250. The third-order valence-corrected chi connectivity index (χ3v) is 5.28. The molecule has 2 aromatic carbocycles. The van der Waals surface area contributed by atoms with Gasteiger partial charge in [0.1, 0.15) is 5.75 Å². The van der Waals surface area contributed by atoms with E-state index in [1.807, 2.05) is 13.8 Å². The highest BCUT2D eigenvalue weighted by molar-refractivity contribution is 7.92. The van der Waals surface area contributed by atoms with Crippen LogP contribution in [0.2, 0.25) is 5.02 Å². The van der Waals surface area contributed by atoms with Crippen LogP contribution in [0, 0.1) is 6.92 Å². The van der Waals surface area contributed by atoms with Crippen LogP contribution in [0.3, 0.4) is 0 Å². The second-order valence-corrected chi connectivity index (χ2v) is 7.43. The molecule has 0 radical (unpaired) electrons. The Balaban J connectivity index is 2.50. The number of benzene rings is 2. The maximum absolute atomic E-state index is 12.4. The lowest BCUT2D eigenvalue weighted by Gasteiger charge is -2.17. The topological polar surface area (TPSA) is 66.4 Å². The normalized spacial score (nSPS) is 11.7. The maximum Gasteiger partial charge on any atom is 0.261 e. The molecule has 0 bridgehead atoms. The van der Waals surface area contributed by atoms with E-state index in [0.29, 0.717) is 16.8 Å². The van der Waals surface area contributed by atoms with E-state index in [-0.39, 0.29) is 21.6 Å². The number of rotatable bonds is 4. The van der Waals surface area contributed by atoms with Crippen molar-refractivity contribution in [2.75, 3.05) is 4.72 Å². The van der Waals surface area contributed by atoms with Crippen molar-refractivity contribution in [2.45, 2.75) is 31.6 Å². The molecule has 0 atom stereocenters. The Kier molecular flexibility index (Phi) is 4.68. The number of hydrogen-bond donors (Lipinski definition) is 2. The van der Waals surface area contributed by atoms with E-state index in [0.717, 1.165) is 0 Å². The minimum Gasteiger partial charge on any atom is -0.506 e. The predicted octanol–water partition coefficient (Wildman–Crippen LogP) is 4.28. The van der Waals surface area contributed by atoms with Crippen molar-refractivity contribution < 1.29 is 13.5 Å². The van der Waals surface area contributed by atoms with Crippen LogP contribution in [0.5, 0.6) is 5.75 Å². The van der Waals surface area contributed by atoms with Gasteiger partial charge in [-0.2, -0.15) is 0 Å². The van der Waals surface area contributed by atoms with Gasteiger partial charge in [0.15, 0.2) is 0 Å². The quantitative estimate of drug-likeness (QED) is 0.817. The Bertz CT molecular complexity index is 787. The molecule has 2 N–H and O–H groups in total. The number of anilines is 1. The molecule has 0 aliphatic rings. The molecule has 22 heavy (non-hydrogen) atoms. The zero-order valence-corrected chi connectivity index (χ0v) is 14.2. The van der Waals surface area contributed by atoms with Gasteiger partial charge >= 0.3 is 0 Å². The molecule has 0 saturated carbocycles. The summed E-state index contributed by atoms with van der Waals surface area (Å²) in [6, 6.07) is 9.72. The molecule has 118 valence electrons. The van der Waals surface area contributed by atoms with Gasteiger partial charge in [-0.05, 0) is 36.6 Å². The SMILES string of the molecule is Cc1c(NS(=O)(=O)c2ccccc2)cc(C(C)C)c(O)c1Cl. The van der Waals surface area contributed by atoms with E-state index < -0.39 is 10.0 Å². The number of sulfonamides is 1. The van der Waals surface area contributed by atoms with Gasteiger partial charge < -0.3 is 5.11 Å². The summed E-state index contributed by atoms with van der Waals surface area (Å²) in [6.45, 7) is 5.46. The monoisotopic (exact) mass is 339 g/mol. The van der Waals surface area contributed by atoms with Gasteiger partial charge in [-0.15, -0.1) is 0 Å². The zero-order chi connectivity index (χ0) is 16.5. The summed E-state index contributed by atoms with van der Waals surface area (Å²) >= 11 is 6.12. The Morgan fingerprint density at radius 1 is 1.18 bits per heavy atom. The van der Waals surface area contributed by atoms with Crippen molar-refractivity contribution in [3.63, 3.8) is 0 Å². The van der Waals surface area contributed by atoms with E-state index in [4.69, 9.17) is 11.6 Å². The van der Waals surface area contributed by atoms with E-state index in [1.165, 1.54) is 12.1 Å². The van der Waals surface area contributed by atoms with E-state index >= 15 is 0 Å². The Hall–Kier alpha value is -1.72. The first-order valence-electron chi connectivity index (χ1n) is 6.84. The molecule has 0 spiro atoms. The molecule has 4 nitrogen and oxygen atoms in total. The summed E-state index contributed by atoms with van der Waals surface area (Å²) in [6.07, 6.45) is 0. The van der Waals surface area contributed by atoms with Gasteiger partial charge in [0.25, 0.3) is 10.0 Å². The predicted molar refractivity (Wildman–Crippen MR) is 89.2 cm³/mol. The number of phenolic OH excluding ortho intramolecular Hbond substituents is 1. The first-order chi connectivity index (χ1) is 10.2. The van der Waals surface area contributed by atoms with Gasteiger partial charge in [-0.25, -0.2) is 8.42 Å². The molecule has 0 aromatic heterocycles. The van der Waals surface area contributed by atoms with Gasteiger partial charge in [-0.1, -0.05) is 43.6 Å². The molecule has 0 amide bonds. The lowest BCUT2D eigenvalue weighted by atomic mass is 9.99. The number of phenols is 1. The average molecular weight is 340 g/mol. The minimum absolute atomic E-state index is 0.00294. The largest absolute Gasteiger partial charge is 0.506 e. The first kappa shape index (κ1) is 16.6. The minimum atomic E-state index is -3.70. The molecule has 2 aromatic rings. The summed E-state index contributed by atoms with van der Waals surface area (Å²) in [5, 5.41) is 10.2. The van der Waals surface area contributed by atoms with Crippen LogP contribution < -0.4 is 4.72 Å². The molecule has 2 rings (SSSR count). The highest BCUT2D eigenvalue weighted by Crippen LogP contribution is 2.39. The molecule has 0 saturated heterocycles. The Morgan fingerprint density at radius 2 is 1.77 bits per heavy atom. The van der Waals surface area contributed by atoms with Crippen molar-refractivity contribution in [3.8, 4) is 5.75 Å². The van der Waals surface area contributed by atoms with Crippen LogP contribution in [0.15, 0.2) is 41.3 Å². The molecule has 0 unspecified atom stereocenters. The number of halogens is 1. The molecular formula is C16H18ClNO3S. The van der Waals surface area contributed by atoms with Crippen molar-refractivity contribution >= 4 is 27.3 Å². The molecule has 0 fully saturated rings. The Labute approximate surface area is 135 Å². The van der Waals surface area contributed by atoms with Gasteiger partial charge in [0.2, 0.25) is 0 Å². The summed E-state index contributed by atoms with van der Waals surface area (Å²) in [5.41, 5.74) is 1.46. The molecule has 0 heterocycles. The van der Waals surface area contributed by atoms with Crippen molar-refractivity contribution in [1.29, 1.82) is 0 Å². The van der Waals surface area contributed by atoms with E-state index in [1.54, 1.807) is 31.2 Å². The fourth-order valence-electron chi connectivity index (χ4n) is 2.10. The molecular weight excluding hydrogens is 322 g/mol. The smallest absolute Gasteiger partial charge is 0.261 e.